The summed E-state index contributed by atoms with van der Waals surface area (Å²) in [5.74, 6) is -1.10. The summed E-state index contributed by atoms with van der Waals surface area (Å²) in [6.45, 7) is 4.09. The highest BCUT2D eigenvalue weighted by Gasteiger charge is 2.18. The molecule has 1 aromatic carbocycles. The second-order valence-corrected chi connectivity index (χ2v) is 4.55. The van der Waals surface area contributed by atoms with Crippen molar-refractivity contribution in [1.82, 2.24) is 5.32 Å². The van der Waals surface area contributed by atoms with E-state index in [0.717, 1.165) is 25.1 Å². The minimum absolute atomic E-state index is 0.376. The number of aliphatic carboxylic acids is 1. The summed E-state index contributed by atoms with van der Waals surface area (Å²) in [6.07, 6.45) is 3.96. The molecule has 0 aliphatic heterocycles. The van der Waals surface area contributed by atoms with Crippen LogP contribution in [0, 0.1) is 0 Å². The zero-order valence-corrected chi connectivity index (χ0v) is 11.1. The fraction of sp³-hybridized carbons (Fsp3) is 0.533. The second-order valence-electron chi connectivity index (χ2n) is 4.55. The smallest absolute Gasteiger partial charge is 0.310 e. The predicted molar refractivity (Wildman–Crippen MR) is 73.8 cm³/mol. The molecule has 18 heavy (non-hydrogen) atoms. The Morgan fingerprint density at radius 1 is 1.22 bits per heavy atom. The first kappa shape index (κ1) is 14.7. The molecule has 0 aromatic heterocycles. The van der Waals surface area contributed by atoms with Gasteiger partial charge in [0.05, 0.1) is 5.92 Å². The number of unbranched alkanes of at least 4 members (excludes halogenated alkanes) is 1. The SMILES string of the molecule is CCCCNCCC[C@@H](C(=O)O)c1ccccc1. The number of carboxylic acid groups (broad SMARTS) is 1. The quantitative estimate of drug-likeness (QED) is 0.661. The van der Waals surface area contributed by atoms with E-state index in [-0.39, 0.29) is 5.92 Å². The number of carbonyl (C=O) groups is 1. The maximum absolute atomic E-state index is 11.2. The Morgan fingerprint density at radius 3 is 2.50 bits per heavy atom. The fourth-order valence-corrected chi connectivity index (χ4v) is 1.98. The molecule has 1 rings (SSSR count). The topological polar surface area (TPSA) is 49.3 Å². The minimum Gasteiger partial charge on any atom is -0.481 e. The zero-order chi connectivity index (χ0) is 13.2. The molecule has 0 aliphatic carbocycles. The number of benzene rings is 1. The van der Waals surface area contributed by atoms with E-state index in [0.29, 0.717) is 6.42 Å². The Hall–Kier alpha value is -1.35. The van der Waals surface area contributed by atoms with Gasteiger partial charge in [-0.05, 0) is 37.9 Å². The van der Waals surface area contributed by atoms with Crippen molar-refractivity contribution in [2.24, 2.45) is 0 Å². The van der Waals surface area contributed by atoms with Crippen LogP contribution in [0.3, 0.4) is 0 Å². The van der Waals surface area contributed by atoms with E-state index in [4.69, 9.17) is 0 Å². The molecule has 0 saturated heterocycles. The Kier molecular flexibility index (Phi) is 7.11. The van der Waals surface area contributed by atoms with Crippen molar-refractivity contribution in [1.29, 1.82) is 0 Å². The summed E-state index contributed by atoms with van der Waals surface area (Å²) in [5, 5.41) is 12.6. The summed E-state index contributed by atoms with van der Waals surface area (Å²) in [4.78, 5) is 11.2. The van der Waals surface area contributed by atoms with E-state index in [9.17, 15) is 9.90 Å². The van der Waals surface area contributed by atoms with E-state index in [1.54, 1.807) is 0 Å². The van der Waals surface area contributed by atoms with Gasteiger partial charge in [0.25, 0.3) is 0 Å². The average Bonchev–Trinajstić information content (AvgIpc) is 2.38. The van der Waals surface area contributed by atoms with E-state index >= 15 is 0 Å². The third-order valence-corrected chi connectivity index (χ3v) is 3.05. The highest BCUT2D eigenvalue weighted by atomic mass is 16.4. The normalized spacial score (nSPS) is 12.3. The number of rotatable bonds is 9. The summed E-state index contributed by atoms with van der Waals surface area (Å²) >= 11 is 0. The van der Waals surface area contributed by atoms with Gasteiger partial charge in [-0.3, -0.25) is 4.79 Å². The van der Waals surface area contributed by atoms with Gasteiger partial charge in [-0.25, -0.2) is 0 Å². The standard InChI is InChI=1S/C15H23NO2/c1-2-3-11-16-12-7-10-14(15(17)18)13-8-5-4-6-9-13/h4-6,8-9,14,16H,2-3,7,10-12H2,1H3,(H,17,18)/t14-/m1/s1. The fourth-order valence-electron chi connectivity index (χ4n) is 1.98. The molecular weight excluding hydrogens is 226 g/mol. The third kappa shape index (κ3) is 5.32. The van der Waals surface area contributed by atoms with Gasteiger partial charge in [-0.15, -0.1) is 0 Å². The van der Waals surface area contributed by atoms with Gasteiger partial charge in [0.2, 0.25) is 0 Å². The molecule has 100 valence electrons. The van der Waals surface area contributed by atoms with Crippen LogP contribution >= 0.6 is 0 Å². The second kappa shape index (κ2) is 8.70. The van der Waals surface area contributed by atoms with Gasteiger partial charge in [0, 0.05) is 0 Å². The molecule has 3 heteroatoms. The van der Waals surface area contributed by atoms with Crippen molar-refractivity contribution in [2.45, 2.75) is 38.5 Å². The average molecular weight is 249 g/mol. The Bertz CT molecular complexity index is 338. The predicted octanol–water partition coefficient (Wildman–Crippen LogP) is 3.02. The van der Waals surface area contributed by atoms with Crippen LogP contribution in [-0.2, 0) is 4.79 Å². The molecule has 0 spiro atoms. The molecule has 0 amide bonds. The minimum atomic E-state index is -0.727. The van der Waals surface area contributed by atoms with E-state index in [1.165, 1.54) is 12.8 Å². The molecule has 0 aliphatic rings. The Labute approximate surface area is 109 Å². The molecule has 0 bridgehead atoms. The van der Waals surface area contributed by atoms with Gasteiger partial charge in [0.15, 0.2) is 0 Å². The first-order chi connectivity index (χ1) is 8.75. The molecule has 0 heterocycles. The van der Waals surface area contributed by atoms with Crippen molar-refractivity contribution in [2.75, 3.05) is 13.1 Å². The van der Waals surface area contributed by atoms with Crippen LogP contribution in [0.1, 0.15) is 44.1 Å². The van der Waals surface area contributed by atoms with Crippen LogP contribution in [-0.4, -0.2) is 24.2 Å². The molecular formula is C15H23NO2. The van der Waals surface area contributed by atoms with Crippen molar-refractivity contribution in [3.05, 3.63) is 35.9 Å². The van der Waals surface area contributed by atoms with Crippen LogP contribution in [0.5, 0.6) is 0 Å². The van der Waals surface area contributed by atoms with Crippen LogP contribution in [0.4, 0.5) is 0 Å². The van der Waals surface area contributed by atoms with Crippen molar-refractivity contribution in [3.8, 4) is 0 Å². The highest BCUT2D eigenvalue weighted by Crippen LogP contribution is 2.20. The lowest BCUT2D eigenvalue weighted by Crippen LogP contribution is -2.19. The summed E-state index contributed by atoms with van der Waals surface area (Å²) in [5.41, 5.74) is 0.901. The number of hydrogen-bond donors (Lipinski definition) is 2. The third-order valence-electron chi connectivity index (χ3n) is 3.05. The monoisotopic (exact) mass is 249 g/mol. The highest BCUT2D eigenvalue weighted by molar-refractivity contribution is 5.75. The maximum Gasteiger partial charge on any atom is 0.310 e. The lowest BCUT2D eigenvalue weighted by Gasteiger charge is -2.12. The lowest BCUT2D eigenvalue weighted by atomic mass is 9.94. The van der Waals surface area contributed by atoms with Crippen molar-refractivity contribution < 1.29 is 9.90 Å². The van der Waals surface area contributed by atoms with E-state index < -0.39 is 5.97 Å². The Balaban J connectivity index is 2.34. The summed E-state index contributed by atoms with van der Waals surface area (Å²) in [6, 6.07) is 9.48. The van der Waals surface area contributed by atoms with Crippen LogP contribution in [0.2, 0.25) is 0 Å². The van der Waals surface area contributed by atoms with Gasteiger partial charge in [-0.2, -0.15) is 0 Å². The number of nitrogens with one attached hydrogen (secondary N) is 1. The van der Waals surface area contributed by atoms with Crippen molar-refractivity contribution >= 4 is 5.97 Å². The van der Waals surface area contributed by atoms with Crippen LogP contribution < -0.4 is 5.32 Å². The summed E-state index contributed by atoms with van der Waals surface area (Å²) < 4.78 is 0. The van der Waals surface area contributed by atoms with Crippen LogP contribution in [0.25, 0.3) is 0 Å². The zero-order valence-electron chi connectivity index (χ0n) is 11.1. The van der Waals surface area contributed by atoms with E-state index in [2.05, 4.69) is 12.2 Å². The molecule has 1 aromatic rings. The maximum atomic E-state index is 11.2. The molecule has 2 N–H and O–H groups in total. The number of hydrogen-bond acceptors (Lipinski definition) is 2. The van der Waals surface area contributed by atoms with Gasteiger partial charge < -0.3 is 10.4 Å². The molecule has 0 radical (unpaired) electrons. The first-order valence-corrected chi connectivity index (χ1v) is 6.74. The van der Waals surface area contributed by atoms with E-state index in [1.807, 2.05) is 30.3 Å². The molecule has 3 nitrogen and oxygen atoms in total. The molecule has 0 saturated carbocycles. The van der Waals surface area contributed by atoms with Gasteiger partial charge >= 0.3 is 5.97 Å². The first-order valence-electron chi connectivity index (χ1n) is 6.74. The summed E-state index contributed by atoms with van der Waals surface area (Å²) in [7, 11) is 0. The Morgan fingerprint density at radius 2 is 1.89 bits per heavy atom. The lowest BCUT2D eigenvalue weighted by molar-refractivity contribution is -0.139. The molecule has 0 unspecified atom stereocenters. The molecule has 1 atom stereocenters. The largest absolute Gasteiger partial charge is 0.481 e. The van der Waals surface area contributed by atoms with Gasteiger partial charge in [-0.1, -0.05) is 43.7 Å². The molecule has 0 fully saturated rings. The number of carboxylic acids is 1. The van der Waals surface area contributed by atoms with Crippen molar-refractivity contribution in [3.63, 3.8) is 0 Å². The van der Waals surface area contributed by atoms with Gasteiger partial charge in [0.1, 0.15) is 0 Å². The van der Waals surface area contributed by atoms with Crippen LogP contribution in [0.15, 0.2) is 30.3 Å².